The van der Waals surface area contributed by atoms with Crippen molar-refractivity contribution in [1.29, 1.82) is 0 Å². The maximum absolute atomic E-state index is 9.96. The first kappa shape index (κ1) is 19.9. The summed E-state index contributed by atoms with van der Waals surface area (Å²) < 4.78 is 5.35. The fourth-order valence-corrected chi connectivity index (χ4v) is 2.62. The van der Waals surface area contributed by atoms with Gasteiger partial charge in [-0.1, -0.05) is 71.1 Å². The molecule has 0 radical (unpaired) electrons. The highest BCUT2D eigenvalue weighted by Gasteiger charge is 2.20. The van der Waals surface area contributed by atoms with Gasteiger partial charge in [-0.2, -0.15) is 0 Å². The molecule has 122 valence electrons. The van der Waals surface area contributed by atoms with Gasteiger partial charge in [0.2, 0.25) is 0 Å². The van der Waals surface area contributed by atoms with Gasteiger partial charge in [0.15, 0.2) is 0 Å². The first-order valence-electron chi connectivity index (χ1n) is 8.75. The second-order valence-electron chi connectivity index (χ2n) is 6.79. The molecule has 0 aromatic heterocycles. The van der Waals surface area contributed by atoms with Crippen LogP contribution in [-0.4, -0.2) is 23.9 Å². The van der Waals surface area contributed by atoms with Crippen molar-refractivity contribution in [3.63, 3.8) is 0 Å². The second kappa shape index (κ2) is 12.6. The molecule has 2 nitrogen and oxygen atoms in total. The summed E-state index contributed by atoms with van der Waals surface area (Å²) in [6.45, 7) is 6.34. The van der Waals surface area contributed by atoms with Gasteiger partial charge in [-0.25, -0.2) is 0 Å². The Hall–Kier alpha value is -0.0800. The highest BCUT2D eigenvalue weighted by atomic mass is 16.5. The van der Waals surface area contributed by atoms with Gasteiger partial charge in [0.1, 0.15) is 0 Å². The number of rotatable bonds is 14. The van der Waals surface area contributed by atoms with Crippen LogP contribution in [0.3, 0.4) is 0 Å². The fourth-order valence-electron chi connectivity index (χ4n) is 2.62. The first-order valence-corrected chi connectivity index (χ1v) is 8.75. The molecule has 0 fully saturated rings. The quantitative estimate of drug-likeness (QED) is 0.429. The molecule has 0 saturated heterocycles. The lowest BCUT2D eigenvalue weighted by Gasteiger charge is -2.25. The average molecular weight is 286 g/mol. The van der Waals surface area contributed by atoms with Crippen LogP contribution in [-0.2, 0) is 4.74 Å². The van der Waals surface area contributed by atoms with Crippen LogP contribution in [0.1, 0.15) is 97.8 Å². The molecular weight excluding hydrogens is 248 g/mol. The molecule has 0 amide bonds. The Bertz CT molecular complexity index is 202. The van der Waals surface area contributed by atoms with Crippen LogP contribution >= 0.6 is 0 Å². The molecule has 0 saturated carbocycles. The number of methoxy groups -OCH3 is 1. The lowest BCUT2D eigenvalue weighted by molar-refractivity contribution is -0.0215. The number of hydrogen-bond donors (Lipinski definition) is 1. The summed E-state index contributed by atoms with van der Waals surface area (Å²) in [7, 11) is 1.72. The molecule has 0 spiro atoms. The fraction of sp³-hybridized carbons (Fsp3) is 1.00. The van der Waals surface area contributed by atoms with E-state index >= 15 is 0 Å². The summed E-state index contributed by atoms with van der Waals surface area (Å²) in [5.74, 6) is 0. The summed E-state index contributed by atoms with van der Waals surface area (Å²) in [5, 5.41) is 9.96. The maximum Gasteiger partial charge on any atom is 0.0647 e. The largest absolute Gasteiger partial charge is 0.393 e. The Balaban J connectivity index is 3.27. The van der Waals surface area contributed by atoms with Crippen molar-refractivity contribution in [3.8, 4) is 0 Å². The highest BCUT2D eigenvalue weighted by molar-refractivity contribution is 4.73. The van der Waals surface area contributed by atoms with Crippen LogP contribution in [0.25, 0.3) is 0 Å². The Morgan fingerprint density at radius 3 is 1.75 bits per heavy atom. The molecule has 0 aliphatic rings. The number of ether oxygens (including phenoxy) is 1. The topological polar surface area (TPSA) is 29.5 Å². The van der Waals surface area contributed by atoms with Crippen LogP contribution in [0.15, 0.2) is 0 Å². The minimum absolute atomic E-state index is 0.197. The lowest BCUT2D eigenvalue weighted by Crippen LogP contribution is -2.28. The van der Waals surface area contributed by atoms with Crippen molar-refractivity contribution in [2.45, 2.75) is 110 Å². The molecule has 20 heavy (non-hydrogen) atoms. The van der Waals surface area contributed by atoms with Crippen LogP contribution in [0.5, 0.6) is 0 Å². The van der Waals surface area contributed by atoms with Crippen LogP contribution in [0.4, 0.5) is 0 Å². The van der Waals surface area contributed by atoms with Gasteiger partial charge in [-0.15, -0.1) is 0 Å². The van der Waals surface area contributed by atoms with Gasteiger partial charge in [0, 0.05) is 13.5 Å². The summed E-state index contributed by atoms with van der Waals surface area (Å²) in [4.78, 5) is 0. The predicted octanol–water partition coefficient (Wildman–Crippen LogP) is 5.47. The number of hydrogen-bond acceptors (Lipinski definition) is 2. The van der Waals surface area contributed by atoms with E-state index in [4.69, 9.17) is 4.74 Å². The molecule has 0 heterocycles. The molecule has 2 heteroatoms. The van der Waals surface area contributed by atoms with Crippen molar-refractivity contribution >= 4 is 0 Å². The third kappa shape index (κ3) is 12.9. The first-order chi connectivity index (χ1) is 9.52. The highest BCUT2D eigenvalue weighted by Crippen LogP contribution is 2.19. The Labute approximate surface area is 127 Å². The van der Waals surface area contributed by atoms with Gasteiger partial charge in [0.25, 0.3) is 0 Å². The second-order valence-corrected chi connectivity index (χ2v) is 6.79. The summed E-state index contributed by atoms with van der Waals surface area (Å²) in [6.07, 6.45) is 14.9. The molecule has 0 bridgehead atoms. The van der Waals surface area contributed by atoms with E-state index in [0.717, 1.165) is 19.3 Å². The van der Waals surface area contributed by atoms with Gasteiger partial charge >= 0.3 is 0 Å². The van der Waals surface area contributed by atoms with Gasteiger partial charge in [0.05, 0.1) is 11.7 Å². The van der Waals surface area contributed by atoms with Crippen molar-refractivity contribution in [2.75, 3.05) is 7.11 Å². The Morgan fingerprint density at radius 1 is 0.850 bits per heavy atom. The zero-order valence-corrected chi connectivity index (χ0v) is 14.4. The average Bonchev–Trinajstić information content (AvgIpc) is 2.40. The normalized spacial score (nSPS) is 13.7. The summed E-state index contributed by atoms with van der Waals surface area (Å²) in [6, 6.07) is 0. The minimum atomic E-state index is -0.209. The van der Waals surface area contributed by atoms with E-state index in [1.807, 2.05) is 13.8 Å². The zero-order valence-electron chi connectivity index (χ0n) is 14.4. The van der Waals surface area contributed by atoms with Crippen molar-refractivity contribution in [3.05, 3.63) is 0 Å². The van der Waals surface area contributed by atoms with E-state index in [9.17, 15) is 5.11 Å². The molecule has 1 N–H and O–H groups in total. The molecule has 0 aliphatic heterocycles. The molecule has 1 unspecified atom stereocenters. The van der Waals surface area contributed by atoms with Crippen molar-refractivity contribution in [2.24, 2.45) is 0 Å². The Morgan fingerprint density at radius 2 is 1.30 bits per heavy atom. The number of aliphatic hydroxyl groups is 1. The summed E-state index contributed by atoms with van der Waals surface area (Å²) in [5.41, 5.74) is -0.197. The monoisotopic (exact) mass is 286 g/mol. The van der Waals surface area contributed by atoms with Crippen LogP contribution in [0.2, 0.25) is 0 Å². The molecule has 0 aromatic carbocycles. The lowest BCUT2D eigenvalue weighted by atomic mass is 9.96. The van der Waals surface area contributed by atoms with E-state index in [1.54, 1.807) is 7.11 Å². The third-order valence-electron chi connectivity index (χ3n) is 4.17. The van der Waals surface area contributed by atoms with Crippen molar-refractivity contribution < 1.29 is 9.84 Å². The zero-order chi connectivity index (χ0) is 15.3. The standard InChI is InChI=1S/C18H38O2/c1-5-6-7-8-9-10-11-12-13-14-15-17(19)16-18(2,3)20-4/h17,19H,5-16H2,1-4H3. The maximum atomic E-state index is 9.96. The van der Waals surface area contributed by atoms with Crippen molar-refractivity contribution in [1.82, 2.24) is 0 Å². The molecule has 0 rings (SSSR count). The van der Waals surface area contributed by atoms with Gasteiger partial charge < -0.3 is 9.84 Å². The van der Waals surface area contributed by atoms with E-state index in [2.05, 4.69) is 6.92 Å². The SMILES string of the molecule is CCCCCCCCCCCCC(O)CC(C)(C)OC. The van der Waals surface area contributed by atoms with Crippen LogP contribution < -0.4 is 0 Å². The molecule has 0 aliphatic carbocycles. The molecule has 1 atom stereocenters. The smallest absolute Gasteiger partial charge is 0.0647 e. The van der Waals surface area contributed by atoms with E-state index in [-0.39, 0.29) is 11.7 Å². The Kier molecular flexibility index (Phi) is 12.6. The van der Waals surface area contributed by atoms with E-state index in [0.29, 0.717) is 0 Å². The molecular formula is C18H38O2. The predicted molar refractivity (Wildman–Crippen MR) is 88.2 cm³/mol. The minimum Gasteiger partial charge on any atom is -0.393 e. The van der Waals surface area contributed by atoms with E-state index in [1.165, 1.54) is 57.8 Å². The van der Waals surface area contributed by atoms with E-state index < -0.39 is 0 Å². The van der Waals surface area contributed by atoms with Gasteiger partial charge in [-0.05, 0) is 20.3 Å². The number of unbranched alkanes of at least 4 members (excludes halogenated alkanes) is 9. The summed E-state index contributed by atoms with van der Waals surface area (Å²) >= 11 is 0. The van der Waals surface area contributed by atoms with Gasteiger partial charge in [-0.3, -0.25) is 0 Å². The molecule has 0 aromatic rings. The number of aliphatic hydroxyl groups excluding tert-OH is 1. The third-order valence-corrected chi connectivity index (χ3v) is 4.17. The van der Waals surface area contributed by atoms with Crippen LogP contribution in [0, 0.1) is 0 Å².